The number of para-hydroxylation sites is 2. The van der Waals surface area contributed by atoms with Crippen molar-refractivity contribution >= 4 is 27.8 Å². The summed E-state index contributed by atoms with van der Waals surface area (Å²) in [7, 11) is 0. The summed E-state index contributed by atoms with van der Waals surface area (Å²) in [4.78, 5) is 17.1. The Bertz CT molecular complexity index is 961. The van der Waals surface area contributed by atoms with Crippen molar-refractivity contribution in [3.05, 3.63) is 48.0 Å². The lowest BCUT2D eigenvalue weighted by Crippen LogP contribution is -2.58. The van der Waals surface area contributed by atoms with E-state index in [9.17, 15) is 4.79 Å². The molecule has 0 bridgehead atoms. The van der Waals surface area contributed by atoms with E-state index in [4.69, 9.17) is 4.42 Å². The minimum Gasteiger partial charge on any atom is -0.456 e. The van der Waals surface area contributed by atoms with Gasteiger partial charge in [0.1, 0.15) is 11.2 Å². The molecule has 0 spiro atoms. The van der Waals surface area contributed by atoms with Crippen molar-refractivity contribution in [3.8, 4) is 0 Å². The van der Waals surface area contributed by atoms with Gasteiger partial charge < -0.3 is 9.32 Å². The molecule has 0 unspecified atom stereocenters. The Kier molecular flexibility index (Phi) is 3.35. The average Bonchev–Trinajstić information content (AvgIpc) is 3.24. The zero-order chi connectivity index (χ0) is 17.0. The number of piperazine rings is 1. The van der Waals surface area contributed by atoms with Crippen LogP contribution in [0.5, 0.6) is 0 Å². The highest BCUT2D eigenvalue weighted by atomic mass is 16.3. The van der Waals surface area contributed by atoms with Gasteiger partial charge in [-0.25, -0.2) is 0 Å². The van der Waals surface area contributed by atoms with Crippen molar-refractivity contribution in [1.82, 2.24) is 9.80 Å². The van der Waals surface area contributed by atoms with Crippen LogP contribution in [0.2, 0.25) is 0 Å². The summed E-state index contributed by atoms with van der Waals surface area (Å²) in [6.45, 7) is 4.69. The highest BCUT2D eigenvalue weighted by Crippen LogP contribution is 2.33. The van der Waals surface area contributed by atoms with Crippen LogP contribution in [0.15, 0.2) is 46.9 Å². The van der Waals surface area contributed by atoms with Crippen LogP contribution in [-0.4, -0.2) is 40.9 Å². The van der Waals surface area contributed by atoms with Crippen molar-refractivity contribution in [2.45, 2.75) is 38.4 Å². The summed E-state index contributed by atoms with van der Waals surface area (Å²) >= 11 is 0. The van der Waals surface area contributed by atoms with Crippen molar-refractivity contribution in [2.75, 3.05) is 13.1 Å². The molecule has 0 aliphatic carbocycles. The molecule has 0 N–H and O–H groups in total. The van der Waals surface area contributed by atoms with Gasteiger partial charge in [-0.2, -0.15) is 0 Å². The van der Waals surface area contributed by atoms with Crippen LogP contribution in [0.1, 0.15) is 25.3 Å². The molecule has 2 aliphatic rings. The van der Waals surface area contributed by atoms with Crippen LogP contribution in [0.25, 0.3) is 21.9 Å². The summed E-state index contributed by atoms with van der Waals surface area (Å²) in [5, 5.41) is 2.32. The van der Waals surface area contributed by atoms with E-state index in [-0.39, 0.29) is 11.9 Å². The summed E-state index contributed by atoms with van der Waals surface area (Å²) in [5.74, 6) is 0.283. The first-order valence-corrected chi connectivity index (χ1v) is 9.16. The second-order valence-corrected chi connectivity index (χ2v) is 7.33. The fourth-order valence-corrected chi connectivity index (χ4v) is 4.49. The molecule has 25 heavy (non-hydrogen) atoms. The fraction of sp³-hybridized carbons (Fsp3) is 0.381. The van der Waals surface area contributed by atoms with Crippen molar-refractivity contribution in [2.24, 2.45) is 0 Å². The number of nitrogens with zero attached hydrogens (tertiary/aromatic N) is 2. The molecule has 3 aromatic rings. The maximum Gasteiger partial charge on any atom is 0.239 e. The number of benzene rings is 2. The molecule has 2 aliphatic heterocycles. The third-order valence-corrected chi connectivity index (χ3v) is 5.87. The molecular weight excluding hydrogens is 312 g/mol. The minimum atomic E-state index is -0.0611. The molecule has 128 valence electrons. The summed E-state index contributed by atoms with van der Waals surface area (Å²) in [6, 6.07) is 14.8. The van der Waals surface area contributed by atoms with E-state index in [0.717, 1.165) is 54.4 Å². The van der Waals surface area contributed by atoms with Crippen molar-refractivity contribution < 1.29 is 9.21 Å². The van der Waals surface area contributed by atoms with Crippen LogP contribution in [0.4, 0.5) is 0 Å². The number of hydrogen-bond donors (Lipinski definition) is 0. The van der Waals surface area contributed by atoms with E-state index >= 15 is 0 Å². The largest absolute Gasteiger partial charge is 0.456 e. The second kappa shape index (κ2) is 5.60. The number of hydrogen-bond acceptors (Lipinski definition) is 3. The maximum atomic E-state index is 12.7. The minimum absolute atomic E-state index is 0.0611. The average molecular weight is 334 g/mol. The van der Waals surface area contributed by atoms with Gasteiger partial charge >= 0.3 is 0 Å². The van der Waals surface area contributed by atoms with E-state index < -0.39 is 0 Å². The van der Waals surface area contributed by atoms with Gasteiger partial charge in [-0.05, 0) is 25.8 Å². The Morgan fingerprint density at radius 3 is 2.88 bits per heavy atom. The van der Waals surface area contributed by atoms with Crippen LogP contribution in [0.3, 0.4) is 0 Å². The van der Waals surface area contributed by atoms with Gasteiger partial charge in [-0.15, -0.1) is 0 Å². The molecule has 3 heterocycles. The van der Waals surface area contributed by atoms with Crippen LogP contribution >= 0.6 is 0 Å². The first kappa shape index (κ1) is 15.0. The quantitative estimate of drug-likeness (QED) is 0.716. The topological polar surface area (TPSA) is 36.7 Å². The number of fused-ring (bicyclic) bond motifs is 4. The first-order valence-electron chi connectivity index (χ1n) is 9.16. The molecule has 4 nitrogen and oxygen atoms in total. The second-order valence-electron chi connectivity index (χ2n) is 7.33. The van der Waals surface area contributed by atoms with Crippen molar-refractivity contribution in [1.29, 1.82) is 0 Å². The highest BCUT2D eigenvalue weighted by molar-refractivity contribution is 6.05. The van der Waals surface area contributed by atoms with Gasteiger partial charge in [0.25, 0.3) is 0 Å². The highest BCUT2D eigenvalue weighted by Gasteiger charge is 2.40. The van der Waals surface area contributed by atoms with Gasteiger partial charge in [0.05, 0.1) is 6.04 Å². The van der Waals surface area contributed by atoms with Crippen LogP contribution in [-0.2, 0) is 11.3 Å². The molecule has 2 fully saturated rings. The molecule has 2 atom stereocenters. The Morgan fingerprint density at radius 2 is 1.96 bits per heavy atom. The molecule has 1 aromatic heterocycles. The van der Waals surface area contributed by atoms with Gasteiger partial charge in [0.15, 0.2) is 0 Å². The molecule has 2 aromatic carbocycles. The summed E-state index contributed by atoms with van der Waals surface area (Å²) < 4.78 is 6.15. The van der Waals surface area contributed by atoms with Crippen LogP contribution in [0, 0.1) is 0 Å². The summed E-state index contributed by atoms with van der Waals surface area (Å²) in [6.07, 6.45) is 2.26. The van der Waals surface area contributed by atoms with Gasteiger partial charge in [0, 0.05) is 42.0 Å². The van der Waals surface area contributed by atoms with Crippen molar-refractivity contribution in [3.63, 3.8) is 0 Å². The molecule has 0 radical (unpaired) electrons. The normalized spacial score (nSPS) is 24.4. The van der Waals surface area contributed by atoms with E-state index in [2.05, 4.69) is 34.1 Å². The Balaban J connectivity index is 1.52. The van der Waals surface area contributed by atoms with E-state index in [1.54, 1.807) is 0 Å². The lowest BCUT2D eigenvalue weighted by atomic mass is 10.0. The Labute approximate surface area is 147 Å². The van der Waals surface area contributed by atoms with E-state index in [0.29, 0.717) is 6.04 Å². The fourth-order valence-electron chi connectivity index (χ4n) is 4.49. The lowest BCUT2D eigenvalue weighted by Gasteiger charge is -2.41. The van der Waals surface area contributed by atoms with Crippen LogP contribution < -0.4 is 0 Å². The monoisotopic (exact) mass is 334 g/mol. The van der Waals surface area contributed by atoms with Gasteiger partial charge in [0.2, 0.25) is 5.91 Å². The van der Waals surface area contributed by atoms with E-state index in [1.807, 2.05) is 25.1 Å². The molecule has 1 amide bonds. The van der Waals surface area contributed by atoms with Gasteiger partial charge in [-0.3, -0.25) is 9.69 Å². The third-order valence-electron chi connectivity index (χ3n) is 5.87. The number of furan rings is 1. The third kappa shape index (κ3) is 2.28. The molecule has 5 rings (SSSR count). The number of carbonyl (C=O) groups is 1. The molecule has 0 saturated carbocycles. The molecule has 4 heteroatoms. The molecule has 2 saturated heterocycles. The standard InChI is InChI=1S/C21H22N2O2/c1-14-21(24)23-11-5-7-16(23)13-22(14)12-15-6-4-9-18-17-8-2-3-10-19(17)25-20(15)18/h2-4,6,8-10,14,16H,5,7,11-13H2,1H3/t14-,16+/m0/s1. The SMILES string of the molecule is C[C@H]1C(=O)N2CCC[C@@H]2CN1Cc1cccc2c1oc1ccccc12. The Morgan fingerprint density at radius 1 is 1.12 bits per heavy atom. The predicted molar refractivity (Wildman–Crippen MR) is 98.3 cm³/mol. The Hall–Kier alpha value is -2.33. The number of carbonyl (C=O) groups excluding carboxylic acids is 1. The van der Waals surface area contributed by atoms with Gasteiger partial charge in [-0.1, -0.05) is 36.4 Å². The smallest absolute Gasteiger partial charge is 0.239 e. The number of rotatable bonds is 2. The zero-order valence-electron chi connectivity index (χ0n) is 14.4. The van der Waals surface area contributed by atoms with E-state index in [1.165, 1.54) is 5.56 Å². The predicted octanol–water partition coefficient (Wildman–Crippen LogP) is 3.78. The first-order chi connectivity index (χ1) is 12.2. The molecular formula is C21H22N2O2. The lowest BCUT2D eigenvalue weighted by molar-refractivity contribution is -0.143. The summed E-state index contributed by atoms with van der Waals surface area (Å²) in [5.41, 5.74) is 3.05. The number of amides is 1. The maximum absolute atomic E-state index is 12.7. The zero-order valence-corrected chi connectivity index (χ0v) is 14.4.